The number of nitrogens with one attached hydrogen (secondary N) is 2. The van der Waals surface area contributed by atoms with Crippen molar-refractivity contribution in [3.8, 4) is 17.3 Å². The minimum absolute atomic E-state index is 0.145. The largest absolute Gasteiger partial charge is 0.497 e. The number of carbonyl (C=O) groups excluding carboxylic acids is 1. The van der Waals surface area contributed by atoms with E-state index in [2.05, 4.69) is 20.6 Å². The molecule has 2 N–H and O–H groups in total. The normalized spacial score (nSPS) is 15.7. The number of carbonyl (C=O) groups is 1. The topological polar surface area (TPSA) is 111 Å². The molecular formula is C19H19N5O4. The summed E-state index contributed by atoms with van der Waals surface area (Å²) in [7, 11) is 3.19. The van der Waals surface area contributed by atoms with Gasteiger partial charge in [0.1, 0.15) is 17.3 Å². The van der Waals surface area contributed by atoms with E-state index in [1.54, 1.807) is 20.3 Å². The van der Waals surface area contributed by atoms with E-state index in [1.807, 2.05) is 25.1 Å². The Morgan fingerprint density at radius 3 is 2.64 bits per heavy atom. The van der Waals surface area contributed by atoms with Gasteiger partial charge in [0.05, 0.1) is 19.9 Å². The Bertz CT molecular complexity index is 1100. The second-order valence-electron chi connectivity index (χ2n) is 6.45. The first kappa shape index (κ1) is 17.8. The summed E-state index contributed by atoms with van der Waals surface area (Å²) in [6.45, 7) is 1.87. The molecule has 2 aromatic heterocycles. The third-order valence-corrected chi connectivity index (χ3v) is 4.80. The Morgan fingerprint density at radius 1 is 1.14 bits per heavy atom. The van der Waals surface area contributed by atoms with Crippen molar-refractivity contribution in [2.75, 3.05) is 19.5 Å². The second kappa shape index (κ2) is 6.84. The highest BCUT2D eigenvalue weighted by molar-refractivity contribution is 5.95. The van der Waals surface area contributed by atoms with Gasteiger partial charge in [-0.1, -0.05) is 0 Å². The maximum Gasteiger partial charge on any atom is 0.264 e. The number of aryl methyl sites for hydroxylation is 1. The Morgan fingerprint density at radius 2 is 1.96 bits per heavy atom. The van der Waals surface area contributed by atoms with Crippen LogP contribution < -0.4 is 20.3 Å². The molecule has 0 aliphatic carbocycles. The molecule has 3 aromatic rings. The standard InChI is InChI=1S/C19H19N5O4/c1-10-18-13(12-8-11(27-2)4-5-14(12)28-3)9-17(26)20-19(18)24(23-10)15-6-7-16(25)22-21-15/h4-8,13H,9H2,1-3H3,(H,20,26)(H,22,25)/t13-/m0/s1. The number of hydrogen-bond donors (Lipinski definition) is 2. The van der Waals surface area contributed by atoms with Gasteiger partial charge in [0.2, 0.25) is 5.91 Å². The molecule has 0 bridgehead atoms. The summed E-state index contributed by atoms with van der Waals surface area (Å²) in [4.78, 5) is 23.8. The summed E-state index contributed by atoms with van der Waals surface area (Å²) < 4.78 is 12.4. The number of aromatic nitrogens is 4. The van der Waals surface area contributed by atoms with Gasteiger partial charge in [-0.05, 0) is 31.2 Å². The summed E-state index contributed by atoms with van der Waals surface area (Å²) in [6.07, 6.45) is 0.252. The first-order chi connectivity index (χ1) is 13.5. The Labute approximate surface area is 160 Å². The highest BCUT2D eigenvalue weighted by Crippen LogP contribution is 2.43. The Kier molecular flexibility index (Phi) is 4.34. The molecule has 3 heterocycles. The van der Waals surface area contributed by atoms with Crippen LogP contribution >= 0.6 is 0 Å². The van der Waals surface area contributed by atoms with Crippen molar-refractivity contribution < 1.29 is 14.3 Å². The van der Waals surface area contributed by atoms with Gasteiger partial charge in [0, 0.05) is 29.5 Å². The summed E-state index contributed by atoms with van der Waals surface area (Å²) in [5.74, 6) is 1.88. The number of methoxy groups -OCH3 is 2. The number of rotatable bonds is 4. The van der Waals surface area contributed by atoms with E-state index in [0.717, 1.165) is 16.8 Å². The lowest BCUT2D eigenvalue weighted by molar-refractivity contribution is -0.116. The number of amides is 1. The van der Waals surface area contributed by atoms with E-state index in [0.29, 0.717) is 23.1 Å². The van der Waals surface area contributed by atoms with Crippen LogP contribution in [0.15, 0.2) is 35.1 Å². The van der Waals surface area contributed by atoms with Gasteiger partial charge in [-0.25, -0.2) is 5.10 Å². The SMILES string of the molecule is COc1ccc(OC)c([C@@H]2CC(=O)Nc3c2c(C)nn3-c2ccc(=O)[nH]n2)c1. The number of nitrogens with zero attached hydrogens (tertiary/aromatic N) is 3. The van der Waals surface area contributed by atoms with Crippen LogP contribution in [0.25, 0.3) is 5.82 Å². The van der Waals surface area contributed by atoms with Crippen molar-refractivity contribution in [1.29, 1.82) is 0 Å². The highest BCUT2D eigenvalue weighted by atomic mass is 16.5. The number of anilines is 1. The van der Waals surface area contributed by atoms with Crippen LogP contribution in [0.3, 0.4) is 0 Å². The van der Waals surface area contributed by atoms with E-state index in [4.69, 9.17) is 9.47 Å². The average molecular weight is 381 g/mol. The molecule has 1 aromatic carbocycles. The average Bonchev–Trinajstić information content (AvgIpc) is 3.03. The van der Waals surface area contributed by atoms with Crippen LogP contribution in [0, 0.1) is 6.92 Å². The maximum absolute atomic E-state index is 12.5. The smallest absolute Gasteiger partial charge is 0.264 e. The van der Waals surface area contributed by atoms with E-state index < -0.39 is 0 Å². The number of ether oxygens (including phenoxy) is 2. The zero-order valence-corrected chi connectivity index (χ0v) is 15.6. The zero-order chi connectivity index (χ0) is 19.8. The molecule has 144 valence electrons. The Balaban J connectivity index is 1.90. The molecule has 1 atom stereocenters. The predicted octanol–water partition coefficient (Wildman–Crippen LogP) is 1.76. The number of aromatic amines is 1. The van der Waals surface area contributed by atoms with Gasteiger partial charge in [0.15, 0.2) is 5.82 Å². The van der Waals surface area contributed by atoms with Gasteiger partial charge in [-0.2, -0.15) is 14.9 Å². The number of H-pyrrole nitrogens is 1. The van der Waals surface area contributed by atoms with E-state index in [-0.39, 0.29) is 23.8 Å². The van der Waals surface area contributed by atoms with Crippen LogP contribution in [-0.2, 0) is 4.79 Å². The van der Waals surface area contributed by atoms with Gasteiger partial charge < -0.3 is 14.8 Å². The first-order valence-electron chi connectivity index (χ1n) is 8.69. The van der Waals surface area contributed by atoms with Gasteiger partial charge in [0.25, 0.3) is 5.56 Å². The summed E-state index contributed by atoms with van der Waals surface area (Å²) in [5, 5.41) is 13.8. The zero-order valence-electron chi connectivity index (χ0n) is 15.6. The van der Waals surface area contributed by atoms with Crippen molar-refractivity contribution >= 4 is 11.7 Å². The van der Waals surface area contributed by atoms with Crippen molar-refractivity contribution in [3.05, 3.63) is 57.5 Å². The quantitative estimate of drug-likeness (QED) is 0.712. The summed E-state index contributed by atoms with van der Waals surface area (Å²) >= 11 is 0. The molecule has 0 fully saturated rings. The molecule has 1 amide bonds. The van der Waals surface area contributed by atoms with Crippen molar-refractivity contribution in [3.63, 3.8) is 0 Å². The van der Waals surface area contributed by atoms with Crippen LogP contribution in [-0.4, -0.2) is 40.1 Å². The van der Waals surface area contributed by atoms with Crippen molar-refractivity contribution in [2.45, 2.75) is 19.3 Å². The summed E-state index contributed by atoms with van der Waals surface area (Å²) in [6, 6.07) is 8.42. The number of fused-ring (bicyclic) bond motifs is 1. The van der Waals surface area contributed by atoms with Gasteiger partial charge >= 0.3 is 0 Å². The minimum atomic E-state index is -0.315. The monoisotopic (exact) mass is 381 g/mol. The van der Waals surface area contributed by atoms with Crippen molar-refractivity contribution in [2.24, 2.45) is 0 Å². The molecule has 0 radical (unpaired) electrons. The predicted molar refractivity (Wildman–Crippen MR) is 101 cm³/mol. The van der Waals surface area contributed by atoms with Crippen molar-refractivity contribution in [1.82, 2.24) is 20.0 Å². The van der Waals surface area contributed by atoms with Crippen LogP contribution in [0.4, 0.5) is 5.82 Å². The fourth-order valence-electron chi connectivity index (χ4n) is 3.55. The third-order valence-electron chi connectivity index (χ3n) is 4.80. The molecule has 0 saturated heterocycles. The van der Waals surface area contributed by atoms with Crippen LogP contribution in [0.2, 0.25) is 0 Å². The molecule has 0 saturated carbocycles. The first-order valence-corrected chi connectivity index (χ1v) is 8.69. The maximum atomic E-state index is 12.5. The third kappa shape index (κ3) is 2.90. The lowest BCUT2D eigenvalue weighted by atomic mass is 9.85. The van der Waals surface area contributed by atoms with Crippen LogP contribution in [0.1, 0.15) is 29.2 Å². The second-order valence-corrected chi connectivity index (χ2v) is 6.45. The van der Waals surface area contributed by atoms with E-state index in [9.17, 15) is 9.59 Å². The molecule has 1 aliphatic heterocycles. The fourth-order valence-corrected chi connectivity index (χ4v) is 3.55. The lowest BCUT2D eigenvalue weighted by Crippen LogP contribution is -2.25. The number of hydrogen-bond acceptors (Lipinski definition) is 6. The highest BCUT2D eigenvalue weighted by Gasteiger charge is 2.34. The Hall–Kier alpha value is -3.62. The van der Waals surface area contributed by atoms with Crippen LogP contribution in [0.5, 0.6) is 11.5 Å². The molecule has 9 heteroatoms. The number of benzene rings is 1. The molecular weight excluding hydrogens is 362 g/mol. The molecule has 9 nitrogen and oxygen atoms in total. The fraction of sp³-hybridized carbons (Fsp3) is 0.263. The molecule has 28 heavy (non-hydrogen) atoms. The van der Waals surface area contributed by atoms with Gasteiger partial charge in [-0.3, -0.25) is 9.59 Å². The molecule has 4 rings (SSSR count). The lowest BCUT2D eigenvalue weighted by Gasteiger charge is -2.25. The molecule has 1 aliphatic rings. The summed E-state index contributed by atoms with van der Waals surface area (Å²) in [5.41, 5.74) is 2.15. The van der Waals surface area contributed by atoms with E-state index in [1.165, 1.54) is 10.7 Å². The van der Waals surface area contributed by atoms with Gasteiger partial charge in [-0.15, -0.1) is 0 Å². The van der Waals surface area contributed by atoms with E-state index >= 15 is 0 Å². The molecule has 0 unspecified atom stereocenters. The minimum Gasteiger partial charge on any atom is -0.497 e. The molecule has 0 spiro atoms.